The van der Waals surface area contributed by atoms with Crippen molar-refractivity contribution < 1.29 is 14.3 Å². The van der Waals surface area contributed by atoms with Crippen molar-refractivity contribution in [1.82, 2.24) is 10.6 Å². The molecule has 0 unspecified atom stereocenters. The van der Waals surface area contributed by atoms with Crippen molar-refractivity contribution in [2.75, 3.05) is 13.7 Å². The van der Waals surface area contributed by atoms with Crippen LogP contribution in [0.4, 0.5) is 0 Å². The topological polar surface area (TPSA) is 67.4 Å². The average molecular weight is 521 g/mol. The molecule has 5 nitrogen and oxygen atoms in total. The summed E-state index contributed by atoms with van der Waals surface area (Å²) in [5.41, 5.74) is 2.22. The molecule has 1 aliphatic carbocycles. The van der Waals surface area contributed by atoms with Crippen LogP contribution in [0.1, 0.15) is 52.0 Å². The Hall–Kier alpha value is -3.12. The fraction of sp³-hybridized carbons (Fsp3) is 0.286. The fourth-order valence-electron chi connectivity index (χ4n) is 4.72. The van der Waals surface area contributed by atoms with Gasteiger partial charge in [0, 0.05) is 28.0 Å². The number of amides is 2. The lowest BCUT2D eigenvalue weighted by Gasteiger charge is -2.41. The first kappa shape index (κ1) is 24.0. The van der Waals surface area contributed by atoms with Crippen molar-refractivity contribution in [3.63, 3.8) is 0 Å². The van der Waals surface area contributed by atoms with E-state index in [9.17, 15) is 9.59 Å². The lowest BCUT2D eigenvalue weighted by Crippen LogP contribution is -2.47. The van der Waals surface area contributed by atoms with E-state index in [2.05, 4.69) is 38.7 Å². The number of benzene rings is 3. The highest BCUT2D eigenvalue weighted by Gasteiger charge is 2.37. The Kier molecular flexibility index (Phi) is 7.68. The number of nitrogens with one attached hydrogen (secondary N) is 2. The van der Waals surface area contributed by atoms with E-state index in [1.54, 1.807) is 19.2 Å². The van der Waals surface area contributed by atoms with Crippen molar-refractivity contribution >= 4 is 27.7 Å². The third-order valence-corrected chi connectivity index (χ3v) is 7.24. The number of halogens is 1. The minimum Gasteiger partial charge on any atom is -0.496 e. The first-order valence-electron chi connectivity index (χ1n) is 11.5. The SMILES string of the molecule is COc1ccccc1C(=O)NC[C@]1(c2ccccc2)CC[C@@H](NC(=O)c2ccc(Br)cc2)CC1. The molecule has 0 spiro atoms. The largest absolute Gasteiger partial charge is 0.496 e. The molecule has 176 valence electrons. The molecule has 2 N–H and O–H groups in total. The molecule has 1 aliphatic rings. The number of methoxy groups -OCH3 is 1. The van der Waals surface area contributed by atoms with Crippen molar-refractivity contribution in [3.05, 3.63) is 100 Å². The molecule has 1 saturated carbocycles. The second kappa shape index (κ2) is 10.9. The van der Waals surface area contributed by atoms with E-state index in [1.807, 2.05) is 54.6 Å². The van der Waals surface area contributed by atoms with E-state index in [4.69, 9.17) is 4.74 Å². The van der Waals surface area contributed by atoms with Crippen LogP contribution in [-0.4, -0.2) is 31.5 Å². The van der Waals surface area contributed by atoms with Gasteiger partial charge in [0.15, 0.2) is 0 Å². The summed E-state index contributed by atoms with van der Waals surface area (Å²) >= 11 is 3.41. The van der Waals surface area contributed by atoms with Gasteiger partial charge in [-0.15, -0.1) is 0 Å². The molecule has 0 aromatic heterocycles. The zero-order chi connectivity index (χ0) is 24.0. The Morgan fingerprint density at radius 3 is 2.24 bits per heavy atom. The minimum atomic E-state index is -0.183. The second-order valence-corrected chi connectivity index (χ2v) is 9.70. The number of ether oxygens (including phenoxy) is 1. The third kappa shape index (κ3) is 5.50. The molecule has 3 aromatic rings. The van der Waals surface area contributed by atoms with Gasteiger partial charge in [-0.05, 0) is 67.6 Å². The van der Waals surface area contributed by atoms with Crippen LogP contribution < -0.4 is 15.4 Å². The monoisotopic (exact) mass is 520 g/mol. The van der Waals surface area contributed by atoms with E-state index in [0.717, 1.165) is 30.2 Å². The first-order chi connectivity index (χ1) is 16.5. The van der Waals surface area contributed by atoms with Crippen LogP contribution >= 0.6 is 15.9 Å². The molecule has 0 atom stereocenters. The highest BCUT2D eigenvalue weighted by molar-refractivity contribution is 9.10. The van der Waals surface area contributed by atoms with Crippen LogP contribution in [0.2, 0.25) is 0 Å². The van der Waals surface area contributed by atoms with Gasteiger partial charge in [-0.3, -0.25) is 9.59 Å². The van der Waals surface area contributed by atoms with Crippen LogP contribution in [0, 0.1) is 0 Å². The zero-order valence-electron chi connectivity index (χ0n) is 19.2. The summed E-state index contributed by atoms with van der Waals surface area (Å²) in [6.07, 6.45) is 3.44. The molecule has 1 fully saturated rings. The van der Waals surface area contributed by atoms with Crippen LogP contribution in [0.3, 0.4) is 0 Å². The number of carbonyl (C=O) groups excluding carboxylic acids is 2. The number of hydrogen-bond acceptors (Lipinski definition) is 3. The summed E-state index contributed by atoms with van der Waals surface area (Å²) < 4.78 is 6.31. The zero-order valence-corrected chi connectivity index (χ0v) is 20.8. The van der Waals surface area contributed by atoms with Gasteiger partial charge in [-0.1, -0.05) is 58.4 Å². The van der Waals surface area contributed by atoms with Crippen LogP contribution in [-0.2, 0) is 5.41 Å². The summed E-state index contributed by atoms with van der Waals surface area (Å²) in [6.45, 7) is 0.529. The average Bonchev–Trinajstić information content (AvgIpc) is 2.89. The molecule has 6 heteroatoms. The van der Waals surface area contributed by atoms with Gasteiger partial charge in [-0.2, -0.15) is 0 Å². The Morgan fingerprint density at radius 2 is 1.56 bits per heavy atom. The molecule has 0 saturated heterocycles. The Morgan fingerprint density at radius 1 is 0.912 bits per heavy atom. The van der Waals surface area contributed by atoms with E-state index < -0.39 is 0 Å². The summed E-state index contributed by atoms with van der Waals surface area (Å²) in [4.78, 5) is 25.7. The van der Waals surface area contributed by atoms with Gasteiger partial charge >= 0.3 is 0 Å². The van der Waals surface area contributed by atoms with Crippen LogP contribution in [0.25, 0.3) is 0 Å². The molecule has 4 rings (SSSR count). The van der Waals surface area contributed by atoms with E-state index in [-0.39, 0.29) is 23.3 Å². The number of hydrogen-bond donors (Lipinski definition) is 2. The summed E-state index contributed by atoms with van der Waals surface area (Å²) in [7, 11) is 1.57. The smallest absolute Gasteiger partial charge is 0.255 e. The quantitative estimate of drug-likeness (QED) is 0.432. The van der Waals surface area contributed by atoms with Gasteiger partial charge < -0.3 is 15.4 Å². The fourth-order valence-corrected chi connectivity index (χ4v) is 4.99. The maximum atomic E-state index is 13.0. The second-order valence-electron chi connectivity index (χ2n) is 8.78. The van der Waals surface area contributed by atoms with Gasteiger partial charge in [0.2, 0.25) is 0 Å². The molecule has 0 aliphatic heterocycles. The first-order valence-corrected chi connectivity index (χ1v) is 12.3. The number of carbonyl (C=O) groups is 2. The standard InChI is InChI=1S/C28H29BrN2O3/c1-34-25-10-6-5-9-24(25)27(33)30-19-28(21-7-3-2-4-8-21)17-15-23(16-18-28)31-26(32)20-11-13-22(29)14-12-20/h2-14,23H,15-19H2,1H3,(H,30,33)(H,31,32)/t23-,28+. The van der Waals surface area contributed by atoms with E-state index in [1.165, 1.54) is 5.56 Å². The van der Waals surface area contributed by atoms with Crippen molar-refractivity contribution in [2.24, 2.45) is 0 Å². The third-order valence-electron chi connectivity index (χ3n) is 6.71. The molecule has 3 aromatic carbocycles. The molecular weight excluding hydrogens is 492 g/mol. The maximum absolute atomic E-state index is 13.0. The summed E-state index contributed by atoms with van der Waals surface area (Å²) in [6, 6.07) is 25.1. The minimum absolute atomic E-state index is 0.0470. The van der Waals surface area contributed by atoms with Gasteiger partial charge in [0.25, 0.3) is 11.8 Å². The normalized spacial score (nSPS) is 19.8. The predicted molar refractivity (Wildman–Crippen MR) is 137 cm³/mol. The lowest BCUT2D eigenvalue weighted by molar-refractivity contribution is 0.0909. The highest BCUT2D eigenvalue weighted by Crippen LogP contribution is 2.39. The molecule has 0 heterocycles. The van der Waals surface area contributed by atoms with Crippen LogP contribution in [0.5, 0.6) is 5.75 Å². The Labute approximate surface area is 209 Å². The van der Waals surface area contributed by atoms with Crippen LogP contribution in [0.15, 0.2) is 83.3 Å². The van der Waals surface area contributed by atoms with E-state index in [0.29, 0.717) is 23.4 Å². The molecule has 2 amide bonds. The van der Waals surface area contributed by atoms with Crippen molar-refractivity contribution in [2.45, 2.75) is 37.1 Å². The number of para-hydroxylation sites is 1. The Balaban J connectivity index is 1.45. The molecule has 0 bridgehead atoms. The van der Waals surface area contributed by atoms with Gasteiger partial charge in [-0.25, -0.2) is 0 Å². The lowest BCUT2D eigenvalue weighted by atomic mass is 9.68. The summed E-state index contributed by atoms with van der Waals surface area (Å²) in [5, 5.41) is 6.35. The predicted octanol–water partition coefficient (Wildman–Crippen LogP) is 5.50. The van der Waals surface area contributed by atoms with Gasteiger partial charge in [0.1, 0.15) is 5.75 Å². The highest BCUT2D eigenvalue weighted by atomic mass is 79.9. The van der Waals surface area contributed by atoms with E-state index >= 15 is 0 Å². The molecule has 0 radical (unpaired) electrons. The summed E-state index contributed by atoms with van der Waals surface area (Å²) in [5.74, 6) is 0.376. The molecule has 34 heavy (non-hydrogen) atoms. The Bertz CT molecular complexity index is 1120. The number of rotatable bonds is 7. The van der Waals surface area contributed by atoms with Crippen molar-refractivity contribution in [1.29, 1.82) is 0 Å². The maximum Gasteiger partial charge on any atom is 0.255 e. The van der Waals surface area contributed by atoms with Crippen molar-refractivity contribution in [3.8, 4) is 5.75 Å². The molecular formula is C28H29BrN2O3. The van der Waals surface area contributed by atoms with Gasteiger partial charge in [0.05, 0.1) is 12.7 Å².